The number of fused-ring (bicyclic) bond motifs is 3. The fourth-order valence-corrected chi connectivity index (χ4v) is 5.73. The molecule has 1 aliphatic carbocycles. The van der Waals surface area contributed by atoms with Gasteiger partial charge in [0.05, 0.1) is 23.3 Å². The fourth-order valence-electron chi connectivity index (χ4n) is 3.78. The van der Waals surface area contributed by atoms with Crippen LogP contribution in [-0.4, -0.2) is 31.8 Å². The quantitative estimate of drug-likeness (QED) is 0.434. The van der Waals surface area contributed by atoms with Gasteiger partial charge >= 0.3 is 0 Å². The van der Waals surface area contributed by atoms with Gasteiger partial charge in [0, 0.05) is 4.88 Å². The lowest BCUT2D eigenvalue weighted by atomic mass is 9.97. The van der Waals surface area contributed by atoms with Crippen LogP contribution in [0.4, 0.5) is 0 Å². The van der Waals surface area contributed by atoms with Gasteiger partial charge < -0.3 is 9.72 Å². The molecule has 2 N–H and O–H groups in total. The largest absolute Gasteiger partial charge is 0.493 e. The zero-order chi connectivity index (χ0) is 20.5. The second kappa shape index (κ2) is 8.23. The van der Waals surface area contributed by atoms with Crippen molar-refractivity contribution in [2.45, 2.75) is 43.5 Å². The van der Waals surface area contributed by atoms with Crippen molar-refractivity contribution in [2.24, 2.45) is 0 Å². The highest BCUT2D eigenvalue weighted by Crippen LogP contribution is 2.34. The summed E-state index contributed by atoms with van der Waals surface area (Å²) in [4.78, 5) is 27.1. The minimum absolute atomic E-state index is 0.0312. The van der Waals surface area contributed by atoms with Crippen molar-refractivity contribution < 1.29 is 4.74 Å². The van der Waals surface area contributed by atoms with Crippen LogP contribution in [0.5, 0.6) is 5.75 Å². The van der Waals surface area contributed by atoms with Gasteiger partial charge in [-0.2, -0.15) is 0 Å². The molecule has 30 heavy (non-hydrogen) atoms. The lowest BCUT2D eigenvalue weighted by molar-refractivity contribution is 0.341. The van der Waals surface area contributed by atoms with Crippen LogP contribution in [0.25, 0.3) is 21.6 Å². The van der Waals surface area contributed by atoms with Gasteiger partial charge in [-0.05, 0) is 50.3 Å². The van der Waals surface area contributed by atoms with Crippen LogP contribution in [0, 0.1) is 0 Å². The zero-order valence-electron chi connectivity index (χ0n) is 16.5. The summed E-state index contributed by atoms with van der Waals surface area (Å²) in [5, 5.41) is 8.67. The topological polar surface area (TPSA) is 96.6 Å². The van der Waals surface area contributed by atoms with E-state index in [2.05, 4.69) is 20.2 Å². The van der Waals surface area contributed by atoms with Gasteiger partial charge in [-0.15, -0.1) is 16.4 Å². The standard InChI is InChI=1S/C21H21N5O2S2/c1-2-28-14-9-5-3-7-12(14)18-24-21(26-25-18)29-11-16-22-19(27)17-13-8-4-6-10-15(13)30-20(17)23-16/h3,5,7,9H,2,4,6,8,10-11H2,1H3,(H,22,23,27)(H,24,25,26). The molecule has 1 aliphatic rings. The summed E-state index contributed by atoms with van der Waals surface area (Å²) in [5.74, 6) is 2.57. The van der Waals surface area contributed by atoms with Crippen LogP contribution in [0.15, 0.2) is 34.2 Å². The Morgan fingerprint density at radius 2 is 2.07 bits per heavy atom. The molecule has 0 atom stereocenters. The van der Waals surface area contributed by atoms with Crippen LogP contribution in [0.2, 0.25) is 0 Å². The molecule has 0 bridgehead atoms. The van der Waals surface area contributed by atoms with Crippen molar-refractivity contribution in [2.75, 3.05) is 6.61 Å². The van der Waals surface area contributed by atoms with E-state index in [1.54, 1.807) is 11.3 Å². The Morgan fingerprint density at radius 3 is 2.97 bits per heavy atom. The molecule has 0 saturated carbocycles. The Labute approximate surface area is 181 Å². The maximum absolute atomic E-state index is 12.7. The van der Waals surface area contributed by atoms with Crippen molar-refractivity contribution in [3.63, 3.8) is 0 Å². The Kier molecular flexibility index (Phi) is 5.30. The number of nitrogens with zero attached hydrogens (tertiary/aromatic N) is 3. The second-order valence-electron chi connectivity index (χ2n) is 7.09. The normalized spacial score (nSPS) is 13.5. The van der Waals surface area contributed by atoms with Gasteiger partial charge in [0.25, 0.3) is 5.56 Å². The first kappa shape index (κ1) is 19.3. The first-order chi connectivity index (χ1) is 14.7. The van der Waals surface area contributed by atoms with E-state index in [9.17, 15) is 4.79 Å². The van der Waals surface area contributed by atoms with Gasteiger partial charge in [0.2, 0.25) is 5.16 Å². The van der Waals surface area contributed by atoms with Gasteiger partial charge in [-0.25, -0.2) is 9.97 Å². The maximum atomic E-state index is 12.7. The fraction of sp³-hybridized carbons (Fsp3) is 0.333. The number of H-pyrrole nitrogens is 2. The predicted molar refractivity (Wildman–Crippen MR) is 119 cm³/mol. The summed E-state index contributed by atoms with van der Waals surface area (Å²) in [6.07, 6.45) is 4.38. The molecule has 0 fully saturated rings. The molecule has 0 unspecified atom stereocenters. The summed E-state index contributed by atoms with van der Waals surface area (Å²) in [6.45, 7) is 2.54. The number of ether oxygens (including phenoxy) is 1. The number of aryl methyl sites for hydroxylation is 2. The highest BCUT2D eigenvalue weighted by Gasteiger charge is 2.20. The van der Waals surface area contributed by atoms with Crippen LogP contribution < -0.4 is 10.3 Å². The Hall–Kier alpha value is -2.65. The molecule has 1 aromatic carbocycles. The lowest BCUT2D eigenvalue weighted by Gasteiger charge is -2.09. The van der Waals surface area contributed by atoms with Gasteiger partial charge in [0.1, 0.15) is 16.4 Å². The van der Waals surface area contributed by atoms with E-state index >= 15 is 0 Å². The minimum atomic E-state index is -0.0312. The Bertz CT molecular complexity index is 1260. The number of nitrogens with one attached hydrogen (secondary N) is 2. The van der Waals surface area contributed by atoms with Crippen LogP contribution in [-0.2, 0) is 18.6 Å². The number of rotatable bonds is 6. The summed E-state index contributed by atoms with van der Waals surface area (Å²) >= 11 is 3.10. The first-order valence-corrected chi connectivity index (χ1v) is 11.8. The van der Waals surface area contributed by atoms with E-state index in [-0.39, 0.29) is 5.56 Å². The van der Waals surface area contributed by atoms with Crippen molar-refractivity contribution >= 4 is 33.3 Å². The number of thioether (sulfide) groups is 1. The van der Waals surface area contributed by atoms with Gasteiger partial charge in [0.15, 0.2) is 5.82 Å². The van der Waals surface area contributed by atoms with Gasteiger partial charge in [-0.3, -0.25) is 9.89 Å². The van der Waals surface area contributed by atoms with Crippen molar-refractivity contribution in [1.29, 1.82) is 0 Å². The first-order valence-electron chi connectivity index (χ1n) is 10.0. The molecule has 3 heterocycles. The monoisotopic (exact) mass is 439 g/mol. The number of benzene rings is 1. The molecule has 0 amide bonds. The zero-order valence-corrected chi connectivity index (χ0v) is 18.2. The average molecular weight is 440 g/mol. The summed E-state index contributed by atoms with van der Waals surface area (Å²) in [7, 11) is 0. The summed E-state index contributed by atoms with van der Waals surface area (Å²) < 4.78 is 5.68. The molecular formula is C21H21N5O2S2. The maximum Gasteiger partial charge on any atom is 0.259 e. The summed E-state index contributed by atoms with van der Waals surface area (Å²) in [6, 6.07) is 7.74. The Morgan fingerprint density at radius 1 is 1.20 bits per heavy atom. The van der Waals surface area contributed by atoms with E-state index in [1.807, 2.05) is 31.2 Å². The molecule has 5 rings (SSSR count). The molecular weight excluding hydrogens is 418 g/mol. The number of hydrogen-bond donors (Lipinski definition) is 2. The van der Waals surface area contributed by atoms with Crippen LogP contribution in [0.3, 0.4) is 0 Å². The van der Waals surface area contributed by atoms with E-state index in [4.69, 9.17) is 9.72 Å². The number of thiophene rings is 1. The van der Waals surface area contributed by atoms with Crippen LogP contribution >= 0.6 is 23.1 Å². The van der Waals surface area contributed by atoms with E-state index < -0.39 is 0 Å². The van der Waals surface area contributed by atoms with Crippen molar-refractivity contribution in [3.8, 4) is 17.1 Å². The summed E-state index contributed by atoms with van der Waals surface area (Å²) in [5.41, 5.74) is 2.05. The van der Waals surface area contributed by atoms with Crippen molar-refractivity contribution in [3.05, 3.63) is 50.9 Å². The molecule has 4 aromatic rings. The SMILES string of the molecule is CCOc1ccccc1-c1nc(SCc2nc3sc4c(c3c(=O)[nH]2)CCCC4)n[nH]1. The predicted octanol–water partition coefficient (Wildman–Crippen LogP) is 4.34. The molecule has 0 saturated heterocycles. The molecule has 0 spiro atoms. The smallest absolute Gasteiger partial charge is 0.259 e. The third-order valence-electron chi connectivity index (χ3n) is 5.12. The average Bonchev–Trinajstić information content (AvgIpc) is 3.37. The highest BCUT2D eigenvalue weighted by atomic mass is 32.2. The molecule has 0 aliphatic heterocycles. The second-order valence-corrected chi connectivity index (χ2v) is 9.11. The van der Waals surface area contributed by atoms with Crippen LogP contribution in [0.1, 0.15) is 36.0 Å². The van der Waals surface area contributed by atoms with E-state index in [0.29, 0.717) is 29.2 Å². The Balaban J connectivity index is 1.36. The third-order valence-corrected chi connectivity index (χ3v) is 7.16. The molecule has 3 aromatic heterocycles. The number of para-hydroxylation sites is 1. The molecule has 154 valence electrons. The molecule has 0 radical (unpaired) electrons. The third kappa shape index (κ3) is 3.63. The van der Waals surface area contributed by atoms with Gasteiger partial charge in [-0.1, -0.05) is 23.9 Å². The van der Waals surface area contributed by atoms with E-state index in [1.165, 1.54) is 28.6 Å². The number of aromatic amines is 2. The highest BCUT2D eigenvalue weighted by molar-refractivity contribution is 7.98. The van der Waals surface area contributed by atoms with Crippen molar-refractivity contribution in [1.82, 2.24) is 25.1 Å². The number of aromatic nitrogens is 5. The van der Waals surface area contributed by atoms with E-state index in [0.717, 1.165) is 40.8 Å². The lowest BCUT2D eigenvalue weighted by Crippen LogP contribution is -2.12. The minimum Gasteiger partial charge on any atom is -0.493 e. The molecule has 9 heteroatoms. The molecule has 7 nitrogen and oxygen atoms in total. The number of hydrogen-bond acceptors (Lipinski definition) is 7.